The van der Waals surface area contributed by atoms with Gasteiger partial charge in [0.05, 0.1) is 5.69 Å². The fraction of sp³-hybridized carbons (Fsp3) is 0.312. The van der Waals surface area contributed by atoms with Crippen LogP contribution in [0.1, 0.15) is 41.1 Å². The van der Waals surface area contributed by atoms with Gasteiger partial charge in [-0.05, 0) is 54.2 Å². The lowest BCUT2D eigenvalue weighted by molar-refractivity contribution is 0.582. The zero-order valence-corrected chi connectivity index (χ0v) is 10.8. The van der Waals surface area contributed by atoms with Crippen molar-refractivity contribution in [1.29, 1.82) is 0 Å². The first-order valence-corrected chi connectivity index (χ1v) is 6.72. The van der Waals surface area contributed by atoms with E-state index in [1.165, 1.54) is 11.6 Å². The standard InChI is InChI=1S/C16H17FN2/c17-13-7-6-12(10-18)15(9-13)14-5-1-3-11-4-2-8-19-16(11)14/h2,4,6-9,14H,1,3,5,10,18H2. The van der Waals surface area contributed by atoms with Crippen LogP contribution in [0.25, 0.3) is 0 Å². The van der Waals surface area contributed by atoms with Crippen LogP contribution in [0, 0.1) is 5.82 Å². The van der Waals surface area contributed by atoms with Gasteiger partial charge in [-0.15, -0.1) is 0 Å². The highest BCUT2D eigenvalue weighted by molar-refractivity contribution is 5.40. The number of rotatable bonds is 2. The van der Waals surface area contributed by atoms with Gasteiger partial charge < -0.3 is 5.73 Å². The molecule has 1 aliphatic rings. The highest BCUT2D eigenvalue weighted by atomic mass is 19.1. The van der Waals surface area contributed by atoms with Crippen molar-refractivity contribution in [2.24, 2.45) is 5.73 Å². The van der Waals surface area contributed by atoms with Crippen LogP contribution < -0.4 is 5.73 Å². The van der Waals surface area contributed by atoms with Crippen molar-refractivity contribution in [3.63, 3.8) is 0 Å². The molecule has 1 aliphatic carbocycles. The number of fused-ring (bicyclic) bond motifs is 1. The number of hydrogen-bond donors (Lipinski definition) is 1. The van der Waals surface area contributed by atoms with Crippen molar-refractivity contribution in [2.45, 2.75) is 31.7 Å². The molecule has 0 fully saturated rings. The second kappa shape index (κ2) is 5.10. The van der Waals surface area contributed by atoms with E-state index < -0.39 is 0 Å². The quantitative estimate of drug-likeness (QED) is 0.896. The van der Waals surface area contributed by atoms with E-state index in [0.717, 1.165) is 36.1 Å². The molecule has 0 saturated carbocycles. The van der Waals surface area contributed by atoms with Gasteiger partial charge in [-0.25, -0.2) is 4.39 Å². The number of nitrogens with two attached hydrogens (primary N) is 1. The zero-order valence-electron chi connectivity index (χ0n) is 10.8. The molecule has 0 saturated heterocycles. The molecule has 1 aromatic carbocycles. The zero-order chi connectivity index (χ0) is 13.2. The lowest BCUT2D eigenvalue weighted by Crippen LogP contribution is -2.15. The van der Waals surface area contributed by atoms with Gasteiger partial charge >= 0.3 is 0 Å². The minimum Gasteiger partial charge on any atom is -0.326 e. The summed E-state index contributed by atoms with van der Waals surface area (Å²) in [6.45, 7) is 0.439. The molecule has 0 radical (unpaired) electrons. The minimum atomic E-state index is -0.199. The molecule has 1 atom stereocenters. The molecule has 1 unspecified atom stereocenters. The maximum absolute atomic E-state index is 13.6. The number of nitrogens with zero attached hydrogens (tertiary/aromatic N) is 1. The molecule has 2 aromatic rings. The SMILES string of the molecule is NCc1ccc(F)cc1C1CCCc2cccnc21. The van der Waals surface area contributed by atoms with Gasteiger partial charge in [0.25, 0.3) is 0 Å². The van der Waals surface area contributed by atoms with Gasteiger partial charge in [0.15, 0.2) is 0 Å². The second-order valence-corrected chi connectivity index (χ2v) is 5.04. The molecule has 1 heterocycles. The van der Waals surface area contributed by atoms with E-state index in [1.807, 2.05) is 12.3 Å². The highest BCUT2D eigenvalue weighted by Gasteiger charge is 2.24. The molecule has 3 heteroatoms. The normalized spacial score (nSPS) is 18.1. The Labute approximate surface area is 112 Å². The predicted octanol–water partition coefficient (Wildman–Crippen LogP) is 3.15. The third-order valence-corrected chi connectivity index (χ3v) is 3.90. The third-order valence-electron chi connectivity index (χ3n) is 3.90. The molecule has 2 N–H and O–H groups in total. The van der Waals surface area contributed by atoms with E-state index in [0.29, 0.717) is 6.54 Å². The minimum absolute atomic E-state index is 0.180. The molecule has 3 rings (SSSR count). The van der Waals surface area contributed by atoms with Gasteiger partial charge in [-0.3, -0.25) is 4.98 Å². The van der Waals surface area contributed by atoms with Crippen molar-refractivity contribution in [3.05, 3.63) is 64.7 Å². The van der Waals surface area contributed by atoms with E-state index in [4.69, 9.17) is 5.73 Å². The van der Waals surface area contributed by atoms with Crippen LogP contribution in [0.2, 0.25) is 0 Å². The van der Waals surface area contributed by atoms with Crippen LogP contribution in [0.4, 0.5) is 4.39 Å². The summed E-state index contributed by atoms with van der Waals surface area (Å²) in [5.41, 5.74) is 10.2. The Hall–Kier alpha value is -1.74. The first kappa shape index (κ1) is 12.3. The Kier molecular flexibility index (Phi) is 3.30. The summed E-state index contributed by atoms with van der Waals surface area (Å²) in [5.74, 6) is -0.0190. The molecule has 0 aliphatic heterocycles. The van der Waals surface area contributed by atoms with E-state index in [-0.39, 0.29) is 11.7 Å². The van der Waals surface area contributed by atoms with Crippen molar-refractivity contribution in [3.8, 4) is 0 Å². The molecule has 1 aromatic heterocycles. The third kappa shape index (κ3) is 2.26. The van der Waals surface area contributed by atoms with E-state index in [9.17, 15) is 4.39 Å². The second-order valence-electron chi connectivity index (χ2n) is 5.04. The van der Waals surface area contributed by atoms with Crippen LogP contribution in [0.3, 0.4) is 0 Å². The smallest absolute Gasteiger partial charge is 0.123 e. The summed E-state index contributed by atoms with van der Waals surface area (Å²) in [6.07, 6.45) is 5.01. The summed E-state index contributed by atoms with van der Waals surface area (Å²) in [4.78, 5) is 4.52. The van der Waals surface area contributed by atoms with Crippen LogP contribution in [-0.4, -0.2) is 4.98 Å². The lowest BCUT2D eigenvalue weighted by Gasteiger charge is -2.26. The molecular formula is C16H17FN2. The number of halogens is 1. The lowest BCUT2D eigenvalue weighted by atomic mass is 9.80. The maximum atomic E-state index is 13.6. The number of aryl methyl sites for hydroxylation is 1. The van der Waals surface area contributed by atoms with Crippen LogP contribution in [0.15, 0.2) is 36.5 Å². The molecule has 98 valence electrons. The van der Waals surface area contributed by atoms with Crippen molar-refractivity contribution in [1.82, 2.24) is 4.98 Å². The maximum Gasteiger partial charge on any atom is 0.123 e. The van der Waals surface area contributed by atoms with Crippen LogP contribution in [0.5, 0.6) is 0 Å². The molecule has 0 spiro atoms. The fourth-order valence-corrected chi connectivity index (χ4v) is 2.99. The predicted molar refractivity (Wildman–Crippen MR) is 73.3 cm³/mol. The average Bonchev–Trinajstić information content (AvgIpc) is 2.46. The Bertz CT molecular complexity index is 595. The van der Waals surface area contributed by atoms with Crippen molar-refractivity contribution in [2.75, 3.05) is 0 Å². The van der Waals surface area contributed by atoms with Gasteiger partial charge in [0.2, 0.25) is 0 Å². The van der Waals surface area contributed by atoms with Crippen molar-refractivity contribution < 1.29 is 4.39 Å². The Morgan fingerprint density at radius 2 is 2.21 bits per heavy atom. The van der Waals surface area contributed by atoms with E-state index in [2.05, 4.69) is 11.1 Å². The van der Waals surface area contributed by atoms with Gasteiger partial charge in [-0.2, -0.15) is 0 Å². The molecule has 0 amide bonds. The Balaban J connectivity index is 2.11. The van der Waals surface area contributed by atoms with E-state index in [1.54, 1.807) is 12.1 Å². The number of pyridine rings is 1. The first-order valence-electron chi connectivity index (χ1n) is 6.72. The van der Waals surface area contributed by atoms with Crippen LogP contribution >= 0.6 is 0 Å². The first-order chi connectivity index (χ1) is 9.29. The van der Waals surface area contributed by atoms with Gasteiger partial charge in [-0.1, -0.05) is 12.1 Å². The Morgan fingerprint density at radius 1 is 1.32 bits per heavy atom. The topological polar surface area (TPSA) is 38.9 Å². The molecule has 2 nitrogen and oxygen atoms in total. The fourth-order valence-electron chi connectivity index (χ4n) is 2.99. The molecular weight excluding hydrogens is 239 g/mol. The number of hydrogen-bond acceptors (Lipinski definition) is 2. The highest BCUT2D eigenvalue weighted by Crippen LogP contribution is 2.36. The number of benzene rings is 1. The van der Waals surface area contributed by atoms with Gasteiger partial charge in [0, 0.05) is 18.7 Å². The van der Waals surface area contributed by atoms with Crippen molar-refractivity contribution >= 4 is 0 Å². The van der Waals surface area contributed by atoms with E-state index >= 15 is 0 Å². The summed E-state index contributed by atoms with van der Waals surface area (Å²) in [6, 6.07) is 8.99. The molecule has 0 bridgehead atoms. The molecule has 19 heavy (non-hydrogen) atoms. The van der Waals surface area contributed by atoms with Gasteiger partial charge in [0.1, 0.15) is 5.82 Å². The monoisotopic (exact) mass is 256 g/mol. The van der Waals surface area contributed by atoms with Crippen LogP contribution in [-0.2, 0) is 13.0 Å². The Morgan fingerprint density at radius 3 is 3.05 bits per heavy atom. The summed E-state index contributed by atoms with van der Waals surface area (Å²) < 4.78 is 13.6. The average molecular weight is 256 g/mol. The summed E-state index contributed by atoms with van der Waals surface area (Å²) in [5, 5.41) is 0. The number of aromatic nitrogens is 1. The largest absolute Gasteiger partial charge is 0.326 e. The summed E-state index contributed by atoms with van der Waals surface area (Å²) in [7, 11) is 0. The summed E-state index contributed by atoms with van der Waals surface area (Å²) >= 11 is 0.